The van der Waals surface area contributed by atoms with Crippen molar-refractivity contribution in [2.24, 2.45) is 0 Å². The van der Waals surface area contributed by atoms with Gasteiger partial charge in [-0.3, -0.25) is 15.0 Å². The standard InChI is InChI=1S/C17H21N3O3S/c1-2-23-17(22)19-15(21)11-20-9-5-6-12(10-20)16-18-13-7-3-4-8-14(13)24-16/h3-4,7-8,12H,2,5-6,9-11H2,1H3,(H,19,21,22)/t12-/m1/s1. The average molecular weight is 347 g/mol. The molecule has 0 radical (unpaired) electrons. The molecule has 1 aliphatic rings. The Bertz CT molecular complexity index is 698. The number of carbonyl (C=O) groups excluding carboxylic acids is 2. The lowest BCUT2D eigenvalue weighted by molar-refractivity contribution is -0.121. The van der Waals surface area contributed by atoms with Gasteiger partial charge in [0.25, 0.3) is 0 Å². The minimum atomic E-state index is -0.678. The fraction of sp³-hybridized carbons (Fsp3) is 0.471. The van der Waals surface area contributed by atoms with Crippen LogP contribution in [0.2, 0.25) is 0 Å². The zero-order valence-corrected chi connectivity index (χ0v) is 14.5. The van der Waals surface area contributed by atoms with E-state index in [4.69, 9.17) is 9.72 Å². The molecule has 1 aromatic heterocycles. The second-order valence-corrected chi connectivity index (χ2v) is 6.92. The number of alkyl carbamates (subject to hydrolysis) is 1. The van der Waals surface area contributed by atoms with E-state index in [2.05, 4.69) is 16.3 Å². The summed E-state index contributed by atoms with van der Waals surface area (Å²) in [5.74, 6) is 0.0185. The summed E-state index contributed by atoms with van der Waals surface area (Å²) in [6.45, 7) is 3.81. The minimum absolute atomic E-state index is 0.209. The van der Waals surface area contributed by atoms with E-state index in [1.54, 1.807) is 18.3 Å². The molecule has 0 aliphatic carbocycles. The summed E-state index contributed by atoms with van der Waals surface area (Å²) in [6, 6.07) is 8.14. The molecule has 0 unspecified atom stereocenters. The molecule has 1 N–H and O–H groups in total. The molecule has 0 saturated carbocycles. The number of fused-ring (bicyclic) bond motifs is 1. The van der Waals surface area contributed by atoms with Crippen molar-refractivity contribution in [3.63, 3.8) is 0 Å². The monoisotopic (exact) mass is 347 g/mol. The largest absolute Gasteiger partial charge is 0.450 e. The Kier molecular flexibility index (Phi) is 5.42. The molecule has 1 saturated heterocycles. The lowest BCUT2D eigenvalue weighted by atomic mass is 9.99. The van der Waals surface area contributed by atoms with Crippen LogP contribution in [0.25, 0.3) is 10.2 Å². The number of rotatable bonds is 4. The van der Waals surface area contributed by atoms with Crippen molar-refractivity contribution in [2.45, 2.75) is 25.7 Å². The van der Waals surface area contributed by atoms with Crippen molar-refractivity contribution in [1.29, 1.82) is 0 Å². The van der Waals surface area contributed by atoms with Crippen molar-refractivity contribution in [1.82, 2.24) is 15.2 Å². The normalized spacial score (nSPS) is 18.5. The molecule has 1 fully saturated rings. The number of para-hydroxylation sites is 1. The molecule has 1 aliphatic heterocycles. The van der Waals surface area contributed by atoms with Crippen LogP contribution in [0.15, 0.2) is 24.3 Å². The molecule has 0 spiro atoms. The van der Waals surface area contributed by atoms with E-state index in [0.29, 0.717) is 5.92 Å². The molecule has 2 aromatic rings. The third kappa shape index (κ3) is 4.10. The number of benzene rings is 1. The van der Waals surface area contributed by atoms with Crippen molar-refractivity contribution >= 4 is 33.6 Å². The molecule has 2 amide bonds. The number of imide groups is 1. The van der Waals surface area contributed by atoms with Gasteiger partial charge in [0, 0.05) is 12.5 Å². The number of ether oxygens (including phenoxy) is 1. The number of hydrogen-bond acceptors (Lipinski definition) is 6. The number of nitrogens with one attached hydrogen (secondary N) is 1. The van der Waals surface area contributed by atoms with Gasteiger partial charge in [-0.15, -0.1) is 11.3 Å². The second kappa shape index (κ2) is 7.72. The summed E-state index contributed by atoms with van der Waals surface area (Å²) in [5.41, 5.74) is 1.04. The Balaban J connectivity index is 1.59. The highest BCUT2D eigenvalue weighted by molar-refractivity contribution is 7.18. The Morgan fingerprint density at radius 2 is 2.25 bits per heavy atom. The fourth-order valence-electron chi connectivity index (χ4n) is 2.99. The predicted octanol–water partition coefficient (Wildman–Crippen LogP) is 2.75. The summed E-state index contributed by atoms with van der Waals surface area (Å²) in [6.07, 6.45) is 1.42. The quantitative estimate of drug-likeness (QED) is 0.921. The molecular formula is C17H21N3O3S. The first-order valence-electron chi connectivity index (χ1n) is 8.20. The van der Waals surface area contributed by atoms with Crippen LogP contribution in [-0.4, -0.2) is 48.1 Å². The first kappa shape index (κ1) is 16.9. The van der Waals surface area contributed by atoms with Gasteiger partial charge in [0.2, 0.25) is 5.91 Å². The number of carbonyl (C=O) groups is 2. The smallest absolute Gasteiger partial charge is 0.413 e. The Morgan fingerprint density at radius 3 is 3.04 bits per heavy atom. The van der Waals surface area contributed by atoms with Crippen molar-refractivity contribution in [2.75, 3.05) is 26.2 Å². The van der Waals surface area contributed by atoms with Crippen LogP contribution < -0.4 is 5.32 Å². The van der Waals surface area contributed by atoms with Crippen LogP contribution in [0.3, 0.4) is 0 Å². The average Bonchev–Trinajstić information content (AvgIpc) is 2.99. The van der Waals surface area contributed by atoms with Gasteiger partial charge in [-0.2, -0.15) is 0 Å². The van der Waals surface area contributed by atoms with Gasteiger partial charge in [0.15, 0.2) is 0 Å². The zero-order chi connectivity index (χ0) is 16.9. The van der Waals surface area contributed by atoms with E-state index < -0.39 is 6.09 Å². The SMILES string of the molecule is CCOC(=O)NC(=O)CN1CCC[C@@H](c2nc3ccccc3s2)C1. The number of piperidine rings is 1. The van der Waals surface area contributed by atoms with E-state index in [-0.39, 0.29) is 19.1 Å². The topological polar surface area (TPSA) is 71.5 Å². The number of amides is 2. The number of likely N-dealkylation sites (tertiary alicyclic amines) is 1. The van der Waals surface area contributed by atoms with Gasteiger partial charge < -0.3 is 4.74 Å². The summed E-state index contributed by atoms with van der Waals surface area (Å²) in [4.78, 5) is 30.0. The van der Waals surface area contributed by atoms with Gasteiger partial charge in [-0.25, -0.2) is 9.78 Å². The van der Waals surface area contributed by atoms with Crippen LogP contribution >= 0.6 is 11.3 Å². The van der Waals surface area contributed by atoms with Gasteiger partial charge >= 0.3 is 6.09 Å². The van der Waals surface area contributed by atoms with E-state index in [9.17, 15) is 9.59 Å². The summed E-state index contributed by atoms with van der Waals surface area (Å²) in [7, 11) is 0. The number of aromatic nitrogens is 1. The maximum absolute atomic E-state index is 11.9. The molecule has 1 aromatic carbocycles. The Morgan fingerprint density at radius 1 is 1.42 bits per heavy atom. The first-order chi connectivity index (χ1) is 11.7. The lowest BCUT2D eigenvalue weighted by Gasteiger charge is -2.31. The van der Waals surface area contributed by atoms with Crippen molar-refractivity contribution in [3.05, 3.63) is 29.3 Å². The number of nitrogens with zero attached hydrogens (tertiary/aromatic N) is 2. The van der Waals surface area contributed by atoms with Crippen LogP contribution in [0, 0.1) is 0 Å². The van der Waals surface area contributed by atoms with Crippen molar-refractivity contribution < 1.29 is 14.3 Å². The third-order valence-electron chi connectivity index (χ3n) is 4.05. The lowest BCUT2D eigenvalue weighted by Crippen LogP contribution is -2.43. The van der Waals surface area contributed by atoms with E-state index in [1.165, 1.54) is 4.70 Å². The highest BCUT2D eigenvalue weighted by Crippen LogP contribution is 2.32. The van der Waals surface area contributed by atoms with E-state index in [1.807, 2.05) is 18.2 Å². The van der Waals surface area contributed by atoms with Gasteiger partial charge in [-0.05, 0) is 38.4 Å². The third-order valence-corrected chi connectivity index (χ3v) is 5.25. The Labute approximate surface area is 144 Å². The summed E-state index contributed by atoms with van der Waals surface area (Å²) in [5, 5.41) is 3.38. The van der Waals surface area contributed by atoms with Crippen LogP contribution in [0.4, 0.5) is 4.79 Å². The summed E-state index contributed by atoms with van der Waals surface area (Å²) < 4.78 is 5.93. The zero-order valence-electron chi connectivity index (χ0n) is 13.7. The summed E-state index contributed by atoms with van der Waals surface area (Å²) >= 11 is 1.73. The predicted molar refractivity (Wildman–Crippen MR) is 93.2 cm³/mol. The van der Waals surface area contributed by atoms with E-state index >= 15 is 0 Å². The second-order valence-electron chi connectivity index (χ2n) is 5.86. The van der Waals surface area contributed by atoms with Gasteiger partial charge in [-0.1, -0.05) is 12.1 Å². The van der Waals surface area contributed by atoms with Crippen LogP contribution in [0.1, 0.15) is 30.7 Å². The van der Waals surface area contributed by atoms with Gasteiger partial charge in [0.05, 0.1) is 28.4 Å². The molecule has 2 heterocycles. The Hall–Kier alpha value is -1.99. The first-order valence-corrected chi connectivity index (χ1v) is 9.01. The highest BCUT2D eigenvalue weighted by Gasteiger charge is 2.25. The molecule has 7 heteroatoms. The molecular weight excluding hydrogens is 326 g/mol. The molecule has 6 nitrogen and oxygen atoms in total. The molecule has 24 heavy (non-hydrogen) atoms. The fourth-order valence-corrected chi connectivity index (χ4v) is 4.08. The highest BCUT2D eigenvalue weighted by atomic mass is 32.1. The molecule has 3 rings (SSSR count). The number of hydrogen-bond donors (Lipinski definition) is 1. The molecule has 128 valence electrons. The maximum Gasteiger partial charge on any atom is 0.413 e. The van der Waals surface area contributed by atoms with E-state index in [0.717, 1.165) is 36.5 Å². The molecule has 1 atom stereocenters. The van der Waals surface area contributed by atoms with Crippen molar-refractivity contribution in [3.8, 4) is 0 Å². The molecule has 0 bridgehead atoms. The maximum atomic E-state index is 11.9. The van der Waals surface area contributed by atoms with Crippen LogP contribution in [0.5, 0.6) is 0 Å². The minimum Gasteiger partial charge on any atom is -0.450 e. The van der Waals surface area contributed by atoms with Crippen LogP contribution in [-0.2, 0) is 9.53 Å². The van der Waals surface area contributed by atoms with Gasteiger partial charge in [0.1, 0.15) is 0 Å². The number of thiazole rings is 1.